The Kier molecular flexibility index (Phi) is 6.40. The average molecular weight is 279 g/mol. The number of aromatic nitrogens is 2. The molecular formula is C16H29N3O. The smallest absolute Gasteiger partial charge is 0.160 e. The summed E-state index contributed by atoms with van der Waals surface area (Å²) in [5.74, 6) is 2.45. The lowest BCUT2D eigenvalue weighted by atomic mass is 10.1. The monoisotopic (exact) mass is 279 g/mol. The van der Waals surface area contributed by atoms with Gasteiger partial charge in [-0.3, -0.25) is 0 Å². The Morgan fingerprint density at radius 2 is 1.75 bits per heavy atom. The second-order valence-corrected chi connectivity index (χ2v) is 6.30. The molecular weight excluding hydrogens is 250 g/mol. The van der Waals surface area contributed by atoms with E-state index in [-0.39, 0.29) is 6.10 Å². The lowest BCUT2D eigenvalue weighted by Gasteiger charge is -2.20. The molecule has 0 aliphatic heterocycles. The fraction of sp³-hybridized carbons (Fsp3) is 0.750. The molecule has 0 aliphatic rings. The van der Waals surface area contributed by atoms with Crippen molar-refractivity contribution in [1.29, 1.82) is 0 Å². The van der Waals surface area contributed by atoms with Gasteiger partial charge in [-0.25, -0.2) is 9.97 Å². The summed E-state index contributed by atoms with van der Waals surface area (Å²) < 4.78 is 6.01. The third-order valence-corrected chi connectivity index (χ3v) is 3.29. The van der Waals surface area contributed by atoms with Crippen LogP contribution in [-0.2, 0) is 6.54 Å². The number of hydrogen-bond acceptors (Lipinski definition) is 4. The second-order valence-electron chi connectivity index (χ2n) is 6.30. The lowest BCUT2D eigenvalue weighted by Crippen LogP contribution is -2.25. The van der Waals surface area contributed by atoms with Crippen molar-refractivity contribution >= 4 is 0 Å². The number of nitrogens with zero attached hydrogens (tertiary/aromatic N) is 2. The van der Waals surface area contributed by atoms with Crippen LogP contribution in [0.25, 0.3) is 0 Å². The van der Waals surface area contributed by atoms with Crippen LogP contribution < -0.4 is 10.1 Å². The predicted octanol–water partition coefficient (Wildman–Crippen LogP) is 3.52. The Morgan fingerprint density at radius 1 is 1.10 bits per heavy atom. The minimum absolute atomic E-state index is 0.154. The first-order chi connectivity index (χ1) is 9.31. The molecule has 1 atom stereocenters. The molecule has 0 bridgehead atoms. The van der Waals surface area contributed by atoms with Crippen molar-refractivity contribution in [3.05, 3.63) is 17.7 Å². The second kappa shape index (κ2) is 7.58. The van der Waals surface area contributed by atoms with Crippen molar-refractivity contribution in [3.63, 3.8) is 0 Å². The molecule has 0 aliphatic carbocycles. The van der Waals surface area contributed by atoms with Crippen LogP contribution in [0.1, 0.15) is 65.9 Å². The summed E-state index contributed by atoms with van der Waals surface area (Å²) in [5.41, 5.74) is 0.949. The summed E-state index contributed by atoms with van der Waals surface area (Å²) in [4.78, 5) is 9.07. The van der Waals surface area contributed by atoms with Gasteiger partial charge in [0, 0.05) is 18.5 Å². The normalized spacial score (nSPS) is 13.3. The van der Waals surface area contributed by atoms with Gasteiger partial charge >= 0.3 is 0 Å². The maximum absolute atomic E-state index is 6.01. The summed E-state index contributed by atoms with van der Waals surface area (Å²) in [6.45, 7) is 15.6. The summed E-state index contributed by atoms with van der Waals surface area (Å²) in [5, 5.41) is 3.40. The van der Waals surface area contributed by atoms with E-state index in [0.717, 1.165) is 17.3 Å². The molecule has 20 heavy (non-hydrogen) atoms. The maximum atomic E-state index is 6.01. The van der Waals surface area contributed by atoms with E-state index in [1.165, 1.54) is 0 Å². The lowest BCUT2D eigenvalue weighted by molar-refractivity contribution is 0.166. The molecule has 0 fully saturated rings. The van der Waals surface area contributed by atoms with Crippen LogP contribution in [0.4, 0.5) is 0 Å². The van der Waals surface area contributed by atoms with Crippen LogP contribution in [0.5, 0.6) is 5.75 Å². The van der Waals surface area contributed by atoms with E-state index in [1.54, 1.807) is 0 Å². The molecule has 0 saturated carbocycles. The highest BCUT2D eigenvalue weighted by Crippen LogP contribution is 2.21. The number of hydrogen-bond donors (Lipinski definition) is 1. The third kappa shape index (κ3) is 5.08. The van der Waals surface area contributed by atoms with Crippen LogP contribution in [0.2, 0.25) is 0 Å². The first-order valence-corrected chi connectivity index (χ1v) is 7.57. The van der Waals surface area contributed by atoms with E-state index in [1.807, 2.05) is 6.20 Å². The van der Waals surface area contributed by atoms with E-state index >= 15 is 0 Å². The van der Waals surface area contributed by atoms with Gasteiger partial charge in [-0.2, -0.15) is 0 Å². The highest BCUT2D eigenvalue weighted by Gasteiger charge is 2.15. The van der Waals surface area contributed by atoms with Gasteiger partial charge in [0.25, 0.3) is 0 Å². The van der Waals surface area contributed by atoms with Gasteiger partial charge in [0.15, 0.2) is 5.75 Å². The number of rotatable bonds is 7. The zero-order chi connectivity index (χ0) is 15.3. The Bertz CT molecular complexity index is 416. The predicted molar refractivity (Wildman–Crippen MR) is 83.0 cm³/mol. The SMILES string of the molecule is CC(C)NCc1nc(C(C)C)ncc1OC(C)C(C)C. The van der Waals surface area contributed by atoms with E-state index in [0.29, 0.717) is 24.4 Å². The van der Waals surface area contributed by atoms with Gasteiger partial charge in [-0.15, -0.1) is 0 Å². The van der Waals surface area contributed by atoms with Crippen LogP contribution >= 0.6 is 0 Å². The summed E-state index contributed by atoms with van der Waals surface area (Å²) in [6.07, 6.45) is 1.97. The van der Waals surface area contributed by atoms with Crippen LogP contribution in [0.15, 0.2) is 6.20 Å². The minimum atomic E-state index is 0.154. The van der Waals surface area contributed by atoms with Gasteiger partial charge in [-0.1, -0.05) is 41.5 Å². The van der Waals surface area contributed by atoms with Crippen molar-refractivity contribution in [3.8, 4) is 5.75 Å². The highest BCUT2D eigenvalue weighted by molar-refractivity contribution is 5.25. The Balaban J connectivity index is 2.95. The highest BCUT2D eigenvalue weighted by atomic mass is 16.5. The van der Waals surface area contributed by atoms with Gasteiger partial charge in [-0.05, 0) is 12.8 Å². The van der Waals surface area contributed by atoms with Crippen molar-refractivity contribution in [1.82, 2.24) is 15.3 Å². The summed E-state index contributed by atoms with van der Waals surface area (Å²) >= 11 is 0. The molecule has 4 nitrogen and oxygen atoms in total. The van der Waals surface area contributed by atoms with Crippen LogP contribution in [-0.4, -0.2) is 22.1 Å². The molecule has 1 aromatic rings. The topological polar surface area (TPSA) is 47.0 Å². The minimum Gasteiger partial charge on any atom is -0.487 e. The first-order valence-electron chi connectivity index (χ1n) is 7.57. The molecule has 1 unspecified atom stereocenters. The molecule has 0 aromatic carbocycles. The number of ether oxygens (including phenoxy) is 1. The zero-order valence-electron chi connectivity index (χ0n) is 13.9. The van der Waals surface area contributed by atoms with Gasteiger partial charge in [0.05, 0.1) is 18.0 Å². The van der Waals surface area contributed by atoms with Gasteiger partial charge < -0.3 is 10.1 Å². The first kappa shape index (κ1) is 16.9. The van der Waals surface area contributed by atoms with Crippen LogP contribution in [0.3, 0.4) is 0 Å². The average Bonchev–Trinajstić information content (AvgIpc) is 2.36. The molecule has 0 radical (unpaired) electrons. The third-order valence-electron chi connectivity index (χ3n) is 3.29. The molecule has 0 saturated heterocycles. The largest absolute Gasteiger partial charge is 0.487 e. The standard InChI is InChI=1S/C16H29N3O/c1-10(2)13(7)20-15-9-18-16(11(3)4)19-14(15)8-17-12(5)6/h9-13,17H,8H2,1-7H3. The van der Waals surface area contributed by atoms with Crippen molar-refractivity contribution in [2.75, 3.05) is 0 Å². The molecule has 0 amide bonds. The molecule has 0 spiro atoms. The van der Waals surface area contributed by atoms with E-state index in [2.05, 4.69) is 63.8 Å². The van der Waals surface area contributed by atoms with Crippen molar-refractivity contribution in [2.24, 2.45) is 5.92 Å². The molecule has 4 heteroatoms. The number of nitrogens with one attached hydrogen (secondary N) is 1. The zero-order valence-corrected chi connectivity index (χ0v) is 13.9. The Hall–Kier alpha value is -1.16. The molecule has 1 heterocycles. The fourth-order valence-corrected chi connectivity index (χ4v) is 1.56. The van der Waals surface area contributed by atoms with E-state index in [4.69, 9.17) is 4.74 Å². The van der Waals surface area contributed by atoms with Crippen molar-refractivity contribution < 1.29 is 4.74 Å². The van der Waals surface area contributed by atoms with Crippen LogP contribution in [0, 0.1) is 5.92 Å². The molecule has 1 rings (SSSR count). The maximum Gasteiger partial charge on any atom is 0.160 e. The quantitative estimate of drug-likeness (QED) is 0.829. The van der Waals surface area contributed by atoms with E-state index in [9.17, 15) is 0 Å². The fourth-order valence-electron chi connectivity index (χ4n) is 1.56. The molecule has 1 N–H and O–H groups in total. The summed E-state index contributed by atoms with van der Waals surface area (Å²) in [7, 11) is 0. The van der Waals surface area contributed by atoms with Gasteiger partial charge in [0.2, 0.25) is 0 Å². The Morgan fingerprint density at radius 3 is 2.25 bits per heavy atom. The van der Waals surface area contributed by atoms with Crippen molar-refractivity contribution in [2.45, 2.75) is 73.1 Å². The molecule has 1 aromatic heterocycles. The van der Waals surface area contributed by atoms with E-state index < -0.39 is 0 Å². The van der Waals surface area contributed by atoms with Gasteiger partial charge in [0.1, 0.15) is 5.82 Å². The molecule has 114 valence electrons. The summed E-state index contributed by atoms with van der Waals surface area (Å²) in [6, 6.07) is 0.419. The Labute approximate surface area is 123 Å².